The Hall–Kier alpha value is -2.28. The van der Waals surface area contributed by atoms with Crippen molar-refractivity contribution in [2.45, 2.75) is 33.0 Å². The molecule has 1 heterocycles. The molecule has 2 aromatic carbocycles. The van der Waals surface area contributed by atoms with E-state index < -0.39 is 23.5 Å². The highest BCUT2D eigenvalue weighted by Crippen LogP contribution is 2.45. The number of halogens is 3. The van der Waals surface area contributed by atoms with Gasteiger partial charge in [-0.1, -0.05) is 36.4 Å². The monoisotopic (exact) mass is 366 g/mol. The molecule has 1 N–H and O–H groups in total. The third-order valence-corrected chi connectivity index (χ3v) is 4.54. The number of nitrogens with zero attached hydrogens (tertiary/aromatic N) is 1. The third-order valence-electron chi connectivity index (χ3n) is 4.54. The Balaban J connectivity index is 2.16. The van der Waals surface area contributed by atoms with Crippen LogP contribution in [0.4, 0.5) is 13.2 Å². The molecule has 3 rings (SSSR count). The maximum absolute atomic E-state index is 14.0. The summed E-state index contributed by atoms with van der Waals surface area (Å²) in [6.45, 7) is 5.17. The second-order valence-electron chi connectivity index (χ2n) is 7.03. The molecule has 0 saturated carbocycles. The Morgan fingerprint density at radius 1 is 1.23 bits per heavy atom. The number of hydrogen-bond donors (Lipinski definition) is 1. The molecular formula is C19H21F3N2O2. The fourth-order valence-electron chi connectivity index (χ4n) is 3.28. The average molecular weight is 366 g/mol. The highest BCUT2D eigenvalue weighted by molar-refractivity contribution is 5.90. The Morgan fingerprint density at radius 2 is 1.92 bits per heavy atom. The van der Waals surface area contributed by atoms with Crippen molar-refractivity contribution >= 4 is 16.7 Å². The summed E-state index contributed by atoms with van der Waals surface area (Å²) in [4.78, 5) is 12.0. The van der Waals surface area contributed by atoms with Gasteiger partial charge < -0.3 is 4.74 Å². The fourth-order valence-corrected chi connectivity index (χ4v) is 3.28. The number of benzene rings is 2. The summed E-state index contributed by atoms with van der Waals surface area (Å²) in [5.74, 6) is -0.225. The summed E-state index contributed by atoms with van der Waals surface area (Å²) >= 11 is 0. The number of rotatable bonds is 4. The molecule has 2 aromatic rings. The topological polar surface area (TPSA) is 41.6 Å². The molecule has 0 bridgehead atoms. The van der Waals surface area contributed by atoms with E-state index in [-0.39, 0.29) is 24.5 Å². The first-order valence-electron chi connectivity index (χ1n) is 8.44. The van der Waals surface area contributed by atoms with Crippen LogP contribution in [-0.4, -0.2) is 30.2 Å². The van der Waals surface area contributed by atoms with Crippen LogP contribution in [0.15, 0.2) is 36.4 Å². The summed E-state index contributed by atoms with van der Waals surface area (Å²) in [6.07, 6.45) is -4.58. The van der Waals surface area contributed by atoms with Gasteiger partial charge in [-0.15, -0.1) is 0 Å². The predicted molar refractivity (Wildman–Crippen MR) is 92.5 cm³/mol. The lowest BCUT2D eigenvalue weighted by Gasteiger charge is -2.31. The van der Waals surface area contributed by atoms with Gasteiger partial charge in [0.25, 0.3) is 0 Å². The van der Waals surface area contributed by atoms with Crippen molar-refractivity contribution < 1.29 is 22.7 Å². The molecule has 1 atom stereocenters. The zero-order valence-corrected chi connectivity index (χ0v) is 14.9. The molecule has 0 radical (unpaired) electrons. The van der Waals surface area contributed by atoms with E-state index >= 15 is 0 Å². The second-order valence-corrected chi connectivity index (χ2v) is 7.03. The molecule has 7 heteroatoms. The van der Waals surface area contributed by atoms with Crippen molar-refractivity contribution in [1.82, 2.24) is 10.4 Å². The smallest absolute Gasteiger partial charge is 0.410 e. The molecule has 0 unspecified atom stereocenters. The first-order valence-corrected chi connectivity index (χ1v) is 8.44. The molecule has 1 aliphatic heterocycles. The minimum atomic E-state index is -4.58. The number of ether oxygens (including phenoxy) is 1. The number of carbonyl (C=O) groups is 1. The quantitative estimate of drug-likeness (QED) is 0.881. The average Bonchev–Trinajstić information content (AvgIpc) is 2.81. The summed E-state index contributed by atoms with van der Waals surface area (Å²) in [5.41, 5.74) is 1.49. The van der Waals surface area contributed by atoms with Crippen molar-refractivity contribution in [2.75, 3.05) is 13.2 Å². The molecule has 1 fully saturated rings. The Kier molecular flexibility index (Phi) is 4.60. The van der Waals surface area contributed by atoms with Gasteiger partial charge in [-0.05, 0) is 26.2 Å². The van der Waals surface area contributed by atoms with Crippen molar-refractivity contribution in [3.63, 3.8) is 0 Å². The molecule has 1 saturated heterocycles. The molecule has 1 amide bonds. The van der Waals surface area contributed by atoms with Crippen molar-refractivity contribution in [3.05, 3.63) is 42.0 Å². The number of nitrogens with one attached hydrogen (secondary N) is 1. The van der Waals surface area contributed by atoms with Crippen LogP contribution in [0.25, 0.3) is 10.8 Å². The molecule has 0 aromatic heterocycles. The lowest BCUT2D eigenvalue weighted by atomic mass is 9.93. The van der Waals surface area contributed by atoms with Crippen LogP contribution in [0.3, 0.4) is 0 Å². The molecule has 0 spiro atoms. The van der Waals surface area contributed by atoms with Crippen LogP contribution in [0.5, 0.6) is 5.75 Å². The van der Waals surface area contributed by atoms with E-state index in [4.69, 9.17) is 4.74 Å². The van der Waals surface area contributed by atoms with E-state index in [2.05, 4.69) is 5.43 Å². The first-order chi connectivity index (χ1) is 12.1. The van der Waals surface area contributed by atoms with Gasteiger partial charge in [-0.3, -0.25) is 10.2 Å². The van der Waals surface area contributed by atoms with Gasteiger partial charge in [-0.25, -0.2) is 5.01 Å². The lowest BCUT2D eigenvalue weighted by Crippen LogP contribution is -2.43. The van der Waals surface area contributed by atoms with Gasteiger partial charge in [-0.2, -0.15) is 13.2 Å². The maximum Gasteiger partial charge on any atom is 0.410 e. The second kappa shape index (κ2) is 6.46. The number of hydrazine groups is 1. The first kappa shape index (κ1) is 18.5. The Morgan fingerprint density at radius 3 is 2.50 bits per heavy atom. The fraction of sp³-hybridized carbons (Fsp3) is 0.421. The SMILES string of the molecule is CCOc1c([C@H](N2CC(C)(C)C(=O)N2)C(F)(F)F)ccc2ccccc12. The summed E-state index contributed by atoms with van der Waals surface area (Å²) in [5, 5.41) is 2.38. The van der Waals surface area contributed by atoms with Crippen LogP contribution in [0.1, 0.15) is 32.4 Å². The number of fused-ring (bicyclic) bond motifs is 1. The molecule has 0 aliphatic carbocycles. The van der Waals surface area contributed by atoms with Crippen LogP contribution >= 0.6 is 0 Å². The van der Waals surface area contributed by atoms with Crippen LogP contribution in [0, 0.1) is 5.41 Å². The maximum atomic E-state index is 14.0. The third kappa shape index (κ3) is 3.23. The van der Waals surface area contributed by atoms with E-state index in [0.717, 1.165) is 10.4 Å². The number of hydrogen-bond acceptors (Lipinski definition) is 3. The Labute approximate surface area is 149 Å². The highest BCUT2D eigenvalue weighted by Gasteiger charge is 2.52. The minimum Gasteiger partial charge on any atom is -0.493 e. The molecule has 140 valence electrons. The molecule has 26 heavy (non-hydrogen) atoms. The lowest BCUT2D eigenvalue weighted by molar-refractivity contribution is -0.192. The predicted octanol–water partition coefficient (Wildman–Crippen LogP) is 4.21. The van der Waals surface area contributed by atoms with Gasteiger partial charge in [0.1, 0.15) is 5.75 Å². The Bertz CT molecular complexity index is 833. The minimum absolute atomic E-state index is 0.00366. The summed E-state index contributed by atoms with van der Waals surface area (Å²) in [7, 11) is 0. The molecule has 4 nitrogen and oxygen atoms in total. The standard InChI is InChI=1S/C19H21F3N2O2/c1-4-26-15-13-8-6-5-7-12(13)9-10-14(15)16(19(20,21)22)24-11-18(2,3)17(25)23-24/h5-10,16H,4,11H2,1-3H3,(H,23,25)/t16-/m0/s1. The highest BCUT2D eigenvalue weighted by atomic mass is 19.4. The zero-order valence-electron chi connectivity index (χ0n) is 14.9. The summed E-state index contributed by atoms with van der Waals surface area (Å²) < 4.78 is 47.7. The molecule has 1 aliphatic rings. The van der Waals surface area contributed by atoms with Crippen LogP contribution < -0.4 is 10.2 Å². The zero-order chi connectivity index (χ0) is 19.1. The van der Waals surface area contributed by atoms with E-state index in [1.54, 1.807) is 39.0 Å². The molecular weight excluding hydrogens is 345 g/mol. The van der Waals surface area contributed by atoms with E-state index in [0.29, 0.717) is 5.39 Å². The van der Waals surface area contributed by atoms with Crippen LogP contribution in [0.2, 0.25) is 0 Å². The summed E-state index contributed by atoms with van der Waals surface area (Å²) in [6, 6.07) is 8.24. The largest absolute Gasteiger partial charge is 0.493 e. The van der Waals surface area contributed by atoms with E-state index in [9.17, 15) is 18.0 Å². The van der Waals surface area contributed by atoms with Crippen molar-refractivity contribution in [2.24, 2.45) is 5.41 Å². The van der Waals surface area contributed by atoms with Gasteiger partial charge in [0.2, 0.25) is 5.91 Å². The van der Waals surface area contributed by atoms with E-state index in [1.165, 1.54) is 6.07 Å². The van der Waals surface area contributed by atoms with Crippen molar-refractivity contribution in [1.29, 1.82) is 0 Å². The van der Waals surface area contributed by atoms with Gasteiger partial charge >= 0.3 is 6.18 Å². The van der Waals surface area contributed by atoms with Crippen molar-refractivity contribution in [3.8, 4) is 5.75 Å². The number of alkyl halides is 3. The van der Waals surface area contributed by atoms with E-state index in [1.807, 2.05) is 12.1 Å². The van der Waals surface area contributed by atoms with Gasteiger partial charge in [0.15, 0.2) is 6.04 Å². The van der Waals surface area contributed by atoms with Gasteiger partial charge in [0.05, 0.1) is 12.0 Å². The number of amides is 1. The normalized spacial score (nSPS) is 18.8. The van der Waals surface area contributed by atoms with Gasteiger partial charge in [0, 0.05) is 17.5 Å². The number of carbonyl (C=O) groups excluding carboxylic acids is 1. The van der Waals surface area contributed by atoms with Crippen LogP contribution in [-0.2, 0) is 4.79 Å².